The van der Waals surface area contributed by atoms with Gasteiger partial charge in [0.1, 0.15) is 11.5 Å². The van der Waals surface area contributed by atoms with Crippen molar-refractivity contribution in [3.8, 4) is 11.5 Å². The minimum absolute atomic E-state index is 0.150. The first-order valence-corrected chi connectivity index (χ1v) is 7.98. The molecule has 1 N–H and O–H groups in total. The van der Waals surface area contributed by atoms with Crippen LogP contribution in [0, 0.1) is 0 Å². The molecule has 0 radical (unpaired) electrons. The van der Waals surface area contributed by atoms with Gasteiger partial charge in [-0.05, 0) is 44.2 Å². The van der Waals surface area contributed by atoms with Crippen LogP contribution in [-0.4, -0.2) is 35.4 Å². The molecule has 2 aromatic rings. The Kier molecular flexibility index (Phi) is 6.78. The van der Waals surface area contributed by atoms with Crippen molar-refractivity contribution >= 4 is 11.9 Å². The van der Waals surface area contributed by atoms with E-state index >= 15 is 0 Å². The normalized spacial score (nSPS) is 11.0. The average Bonchev–Trinajstić information content (AvgIpc) is 3.09. The summed E-state index contributed by atoms with van der Waals surface area (Å²) in [5.41, 5.74) is 0.581. The third-order valence-corrected chi connectivity index (χ3v) is 3.23. The van der Waals surface area contributed by atoms with Crippen molar-refractivity contribution in [1.82, 2.24) is 15.1 Å². The van der Waals surface area contributed by atoms with Gasteiger partial charge in [-0.1, -0.05) is 0 Å². The summed E-state index contributed by atoms with van der Waals surface area (Å²) in [5.74, 6) is 0.456. The Morgan fingerprint density at radius 1 is 1.19 bits per heavy atom. The number of nitrogens with zero attached hydrogens (tertiary/aromatic N) is 2. The first-order valence-electron chi connectivity index (χ1n) is 7.98. The quantitative estimate of drug-likeness (QED) is 0.573. The van der Waals surface area contributed by atoms with E-state index in [0.717, 1.165) is 5.75 Å². The van der Waals surface area contributed by atoms with Crippen molar-refractivity contribution in [2.75, 3.05) is 13.7 Å². The molecule has 0 bridgehead atoms. The number of methoxy groups -OCH3 is 1. The van der Waals surface area contributed by atoms with Gasteiger partial charge in [0.25, 0.3) is 5.91 Å². The van der Waals surface area contributed by atoms with E-state index in [2.05, 4.69) is 10.4 Å². The summed E-state index contributed by atoms with van der Waals surface area (Å²) in [6.45, 7) is 3.73. The van der Waals surface area contributed by atoms with Crippen molar-refractivity contribution < 1.29 is 23.8 Å². The summed E-state index contributed by atoms with van der Waals surface area (Å²) in [7, 11) is 1.59. The average molecular weight is 359 g/mol. The highest BCUT2D eigenvalue weighted by atomic mass is 16.5. The van der Waals surface area contributed by atoms with Crippen molar-refractivity contribution in [3.05, 3.63) is 54.0 Å². The van der Waals surface area contributed by atoms with Crippen LogP contribution in [0.4, 0.5) is 0 Å². The predicted molar refractivity (Wildman–Crippen MR) is 93.7 cm³/mol. The lowest BCUT2D eigenvalue weighted by atomic mass is 10.3. The molecule has 0 spiro atoms. The first kappa shape index (κ1) is 19.0. The number of hydrogen-bond acceptors (Lipinski definition) is 6. The highest BCUT2D eigenvalue weighted by Crippen LogP contribution is 2.17. The van der Waals surface area contributed by atoms with Gasteiger partial charge in [-0.15, -0.1) is 0 Å². The molecular formula is C18H21N3O5. The van der Waals surface area contributed by atoms with Crippen LogP contribution in [0.15, 0.2) is 48.3 Å². The Morgan fingerprint density at radius 3 is 2.54 bits per heavy atom. The summed E-state index contributed by atoms with van der Waals surface area (Å²) < 4.78 is 16.9. The maximum Gasteiger partial charge on any atom is 0.332 e. The van der Waals surface area contributed by atoms with E-state index in [1.807, 2.05) is 0 Å². The molecule has 1 heterocycles. The smallest absolute Gasteiger partial charge is 0.332 e. The number of carbonyl (C=O) groups excluding carboxylic acids is 2. The van der Waals surface area contributed by atoms with Crippen LogP contribution >= 0.6 is 0 Å². The second kappa shape index (κ2) is 9.26. The number of amides is 1. The predicted octanol–water partition coefficient (Wildman–Crippen LogP) is 2.12. The summed E-state index contributed by atoms with van der Waals surface area (Å²) in [4.78, 5) is 23.5. The molecule has 138 valence electrons. The van der Waals surface area contributed by atoms with Crippen molar-refractivity contribution in [2.24, 2.45) is 0 Å². The molecule has 8 heteroatoms. The summed E-state index contributed by atoms with van der Waals surface area (Å²) in [6, 6.07) is 8.69. The third kappa shape index (κ3) is 5.66. The van der Waals surface area contributed by atoms with Crippen molar-refractivity contribution in [1.29, 1.82) is 0 Å². The Hall–Kier alpha value is -3.29. The van der Waals surface area contributed by atoms with Gasteiger partial charge in [0.2, 0.25) is 0 Å². The molecule has 1 aromatic heterocycles. The topological polar surface area (TPSA) is 91.7 Å². The zero-order valence-electron chi connectivity index (χ0n) is 14.9. The van der Waals surface area contributed by atoms with Gasteiger partial charge in [0, 0.05) is 18.0 Å². The number of carbonyl (C=O) groups is 2. The number of aromatic nitrogens is 2. The maximum absolute atomic E-state index is 12.1. The largest absolute Gasteiger partial charge is 0.497 e. The van der Waals surface area contributed by atoms with E-state index < -0.39 is 11.9 Å². The zero-order chi connectivity index (χ0) is 18.9. The fourth-order valence-corrected chi connectivity index (χ4v) is 2.01. The molecular weight excluding hydrogens is 338 g/mol. The van der Waals surface area contributed by atoms with Gasteiger partial charge in [-0.3, -0.25) is 4.79 Å². The lowest BCUT2D eigenvalue weighted by molar-refractivity contribution is -0.137. The molecule has 1 amide bonds. The van der Waals surface area contributed by atoms with Gasteiger partial charge in [0.05, 0.1) is 13.7 Å². The standard InChI is InChI=1S/C18H21N3O5/c1-4-25-17(22)11-13(2)19-18(23)16-9-10-21(20-16)12-26-15-7-5-14(24-3)6-8-15/h5-11H,4,12H2,1-3H3,(H,19,23)/b13-11+. The van der Waals surface area contributed by atoms with Crippen LogP contribution in [0.25, 0.3) is 0 Å². The van der Waals surface area contributed by atoms with E-state index in [1.54, 1.807) is 57.5 Å². The molecule has 0 aliphatic heterocycles. The molecule has 2 rings (SSSR count). The van der Waals surface area contributed by atoms with E-state index in [-0.39, 0.29) is 19.0 Å². The van der Waals surface area contributed by atoms with E-state index in [9.17, 15) is 9.59 Å². The summed E-state index contributed by atoms with van der Waals surface area (Å²) >= 11 is 0. The van der Waals surface area contributed by atoms with Crippen molar-refractivity contribution in [3.63, 3.8) is 0 Å². The number of esters is 1. The fraction of sp³-hybridized carbons (Fsp3) is 0.278. The molecule has 0 atom stereocenters. The van der Waals surface area contributed by atoms with Crippen LogP contribution in [0.5, 0.6) is 11.5 Å². The number of hydrogen-bond donors (Lipinski definition) is 1. The molecule has 26 heavy (non-hydrogen) atoms. The van der Waals surface area contributed by atoms with Crippen LogP contribution < -0.4 is 14.8 Å². The summed E-state index contributed by atoms with van der Waals surface area (Å²) in [5, 5.41) is 6.72. The molecule has 1 aromatic carbocycles. The van der Waals surface area contributed by atoms with Crippen LogP contribution in [0.3, 0.4) is 0 Å². The molecule has 0 unspecified atom stereocenters. The number of allylic oxidation sites excluding steroid dienone is 1. The van der Waals surface area contributed by atoms with Gasteiger partial charge in [-0.2, -0.15) is 5.10 Å². The number of rotatable bonds is 8. The van der Waals surface area contributed by atoms with E-state index in [1.165, 1.54) is 10.8 Å². The molecule has 0 fully saturated rings. The Labute approximate surface area is 151 Å². The molecule has 8 nitrogen and oxygen atoms in total. The van der Waals surface area contributed by atoms with Gasteiger partial charge >= 0.3 is 5.97 Å². The van der Waals surface area contributed by atoms with Gasteiger partial charge < -0.3 is 19.5 Å². The zero-order valence-corrected chi connectivity index (χ0v) is 14.9. The molecule has 0 aliphatic carbocycles. The molecule has 0 saturated carbocycles. The molecule has 0 aliphatic rings. The summed E-state index contributed by atoms with van der Waals surface area (Å²) in [6.07, 6.45) is 2.84. The monoisotopic (exact) mass is 359 g/mol. The number of nitrogens with one attached hydrogen (secondary N) is 1. The van der Waals surface area contributed by atoms with Gasteiger partial charge in [0.15, 0.2) is 12.4 Å². The Balaban J connectivity index is 1.89. The maximum atomic E-state index is 12.1. The highest BCUT2D eigenvalue weighted by Gasteiger charge is 2.10. The lowest BCUT2D eigenvalue weighted by Crippen LogP contribution is -2.23. The van der Waals surface area contributed by atoms with Crippen LogP contribution in [-0.2, 0) is 16.3 Å². The number of ether oxygens (including phenoxy) is 3. The van der Waals surface area contributed by atoms with Crippen LogP contribution in [0.2, 0.25) is 0 Å². The second-order valence-electron chi connectivity index (χ2n) is 5.22. The Morgan fingerprint density at radius 2 is 1.88 bits per heavy atom. The Bertz CT molecular complexity index is 780. The first-order chi connectivity index (χ1) is 12.5. The molecule has 0 saturated heterocycles. The number of benzene rings is 1. The third-order valence-electron chi connectivity index (χ3n) is 3.23. The van der Waals surface area contributed by atoms with E-state index in [4.69, 9.17) is 14.2 Å². The fourth-order valence-electron chi connectivity index (χ4n) is 2.01. The second-order valence-corrected chi connectivity index (χ2v) is 5.22. The van der Waals surface area contributed by atoms with Crippen molar-refractivity contribution in [2.45, 2.75) is 20.6 Å². The van der Waals surface area contributed by atoms with Crippen LogP contribution in [0.1, 0.15) is 24.3 Å². The minimum Gasteiger partial charge on any atom is -0.497 e. The van der Waals surface area contributed by atoms with E-state index in [0.29, 0.717) is 11.4 Å². The SMILES string of the molecule is CCOC(=O)/C=C(\C)NC(=O)c1ccn(COc2ccc(OC)cc2)n1. The van der Waals surface area contributed by atoms with Gasteiger partial charge in [-0.25, -0.2) is 9.48 Å². The lowest BCUT2D eigenvalue weighted by Gasteiger charge is -2.07. The minimum atomic E-state index is -0.510. The highest BCUT2D eigenvalue weighted by molar-refractivity contribution is 5.94.